The monoisotopic (exact) mass is 303 g/mol. The molecule has 0 saturated carbocycles. The van der Waals surface area contributed by atoms with Crippen molar-refractivity contribution < 1.29 is 19.4 Å². The molecule has 1 N–H and O–H groups in total. The van der Waals surface area contributed by atoms with Crippen molar-refractivity contribution in [3.63, 3.8) is 0 Å². The van der Waals surface area contributed by atoms with E-state index in [1.165, 1.54) is 10.5 Å². The van der Waals surface area contributed by atoms with Gasteiger partial charge in [0.2, 0.25) is 5.60 Å². The van der Waals surface area contributed by atoms with Crippen LogP contribution in [0, 0.1) is 0 Å². The molecule has 1 aromatic carbocycles. The van der Waals surface area contributed by atoms with Gasteiger partial charge in [-0.15, -0.1) is 0 Å². The van der Waals surface area contributed by atoms with Crippen molar-refractivity contribution in [3.05, 3.63) is 35.4 Å². The summed E-state index contributed by atoms with van der Waals surface area (Å²) in [5, 5.41) is 10.7. The van der Waals surface area contributed by atoms with E-state index < -0.39 is 17.5 Å². The molecule has 5 heteroatoms. The summed E-state index contributed by atoms with van der Waals surface area (Å²) in [6.45, 7) is 1.81. The number of benzene rings is 1. The highest BCUT2D eigenvalue weighted by atomic mass is 16.5. The fourth-order valence-electron chi connectivity index (χ4n) is 3.81. The molecule has 118 valence electrons. The number of carbonyl (C=O) groups excluding carboxylic acids is 2. The number of esters is 1. The predicted octanol–water partition coefficient (Wildman–Crippen LogP) is 1.24. The lowest BCUT2D eigenvalue weighted by Crippen LogP contribution is -2.63. The predicted molar refractivity (Wildman–Crippen MR) is 80.3 cm³/mol. The zero-order valence-electron chi connectivity index (χ0n) is 12.9. The van der Waals surface area contributed by atoms with E-state index in [1.807, 2.05) is 18.2 Å². The second kappa shape index (κ2) is 5.39. The van der Waals surface area contributed by atoms with Crippen molar-refractivity contribution in [2.45, 2.75) is 43.7 Å². The third-order valence-electron chi connectivity index (χ3n) is 4.93. The summed E-state index contributed by atoms with van der Waals surface area (Å²) in [6, 6.07) is 8.08. The molecule has 3 rings (SSSR count). The first-order valence-corrected chi connectivity index (χ1v) is 7.73. The minimum Gasteiger partial charge on any atom is -0.463 e. The smallest absolute Gasteiger partial charge is 0.348 e. The largest absolute Gasteiger partial charge is 0.463 e. The number of fused-ring (bicyclic) bond motifs is 3. The van der Waals surface area contributed by atoms with Gasteiger partial charge in [0.25, 0.3) is 5.91 Å². The number of carbonyl (C=O) groups is 2. The van der Waals surface area contributed by atoms with Gasteiger partial charge in [-0.05, 0) is 30.9 Å². The van der Waals surface area contributed by atoms with Gasteiger partial charge in [-0.1, -0.05) is 24.3 Å². The van der Waals surface area contributed by atoms with Crippen LogP contribution in [-0.4, -0.2) is 47.2 Å². The first kappa shape index (κ1) is 15.0. The van der Waals surface area contributed by atoms with Crippen LogP contribution in [0.2, 0.25) is 0 Å². The minimum absolute atomic E-state index is 0.0251. The minimum atomic E-state index is -2.07. The summed E-state index contributed by atoms with van der Waals surface area (Å²) >= 11 is 0. The summed E-state index contributed by atoms with van der Waals surface area (Å²) in [6.07, 6.45) is 1.85. The Bertz CT molecular complexity index is 614. The molecule has 1 fully saturated rings. The fraction of sp³-hybridized carbons (Fsp3) is 0.529. The Morgan fingerprint density at radius 3 is 2.91 bits per heavy atom. The molecule has 1 amide bonds. The highest BCUT2D eigenvalue weighted by molar-refractivity contribution is 6.06. The number of likely N-dealkylation sites (tertiary alicyclic amines) is 1. The lowest BCUT2D eigenvalue weighted by molar-refractivity contribution is -0.183. The van der Waals surface area contributed by atoms with Gasteiger partial charge in [-0.25, -0.2) is 4.79 Å². The number of aryl methyl sites for hydroxylation is 1. The number of likely N-dealkylation sites (N-methyl/N-ethyl adjacent to an activating group) is 1. The first-order valence-electron chi connectivity index (χ1n) is 7.73. The van der Waals surface area contributed by atoms with E-state index in [9.17, 15) is 14.7 Å². The number of ether oxygens (including phenoxy) is 1. The van der Waals surface area contributed by atoms with Gasteiger partial charge < -0.3 is 14.7 Å². The molecule has 0 bridgehead atoms. The molecule has 1 aliphatic heterocycles. The Hall–Kier alpha value is -1.88. The van der Waals surface area contributed by atoms with Crippen LogP contribution in [0.1, 0.15) is 36.8 Å². The normalized spacial score (nSPS) is 30.5. The van der Waals surface area contributed by atoms with Crippen LogP contribution < -0.4 is 0 Å². The Morgan fingerprint density at radius 2 is 2.18 bits per heavy atom. The third kappa shape index (κ3) is 2.11. The van der Waals surface area contributed by atoms with Gasteiger partial charge in [-0.3, -0.25) is 4.79 Å². The van der Waals surface area contributed by atoms with E-state index >= 15 is 0 Å². The third-order valence-corrected chi connectivity index (χ3v) is 4.93. The van der Waals surface area contributed by atoms with Gasteiger partial charge in [-0.2, -0.15) is 0 Å². The van der Waals surface area contributed by atoms with Crippen LogP contribution in [0.5, 0.6) is 0 Å². The molecule has 0 aromatic heterocycles. The number of amides is 1. The molecule has 22 heavy (non-hydrogen) atoms. The van der Waals surface area contributed by atoms with E-state index in [0.29, 0.717) is 0 Å². The maximum Gasteiger partial charge on any atom is 0.348 e. The Kier molecular flexibility index (Phi) is 3.68. The molecule has 1 aromatic rings. The second-order valence-electron chi connectivity index (χ2n) is 6.11. The first-order chi connectivity index (χ1) is 10.5. The lowest BCUT2D eigenvalue weighted by Gasteiger charge is -2.47. The van der Waals surface area contributed by atoms with Crippen molar-refractivity contribution in [2.24, 2.45) is 0 Å². The number of piperidine rings is 1. The summed E-state index contributed by atoms with van der Waals surface area (Å²) < 4.78 is 4.93. The van der Waals surface area contributed by atoms with Gasteiger partial charge in [0.1, 0.15) is 0 Å². The molecule has 0 spiro atoms. The highest BCUT2D eigenvalue weighted by Crippen LogP contribution is 2.44. The van der Waals surface area contributed by atoms with Crippen molar-refractivity contribution in [2.75, 3.05) is 13.7 Å². The molecule has 1 heterocycles. The Labute approximate surface area is 129 Å². The van der Waals surface area contributed by atoms with Gasteiger partial charge in [0.15, 0.2) is 0 Å². The average molecular weight is 303 g/mol. The molecule has 2 aliphatic rings. The van der Waals surface area contributed by atoms with E-state index in [2.05, 4.69) is 6.07 Å². The molecule has 5 nitrogen and oxygen atoms in total. The average Bonchev–Trinajstić information content (AvgIpc) is 2.53. The summed E-state index contributed by atoms with van der Waals surface area (Å²) in [5.74, 6) is -1.43. The summed E-state index contributed by atoms with van der Waals surface area (Å²) in [4.78, 5) is 26.2. The number of hydrogen-bond acceptors (Lipinski definition) is 4. The second-order valence-corrected chi connectivity index (χ2v) is 6.11. The highest BCUT2D eigenvalue weighted by Gasteiger charge is 2.56. The molecule has 0 unspecified atom stereocenters. The molecule has 3 atom stereocenters. The number of nitrogens with zero attached hydrogens (tertiary/aromatic N) is 1. The summed E-state index contributed by atoms with van der Waals surface area (Å²) in [5.41, 5.74) is 0.287. The molecular formula is C17H21NO4. The molecule has 0 radical (unpaired) electrons. The van der Waals surface area contributed by atoms with E-state index in [4.69, 9.17) is 4.74 Å². The van der Waals surface area contributed by atoms with Crippen molar-refractivity contribution in [1.29, 1.82) is 0 Å². The van der Waals surface area contributed by atoms with Gasteiger partial charge in [0.05, 0.1) is 6.61 Å². The Balaban J connectivity index is 2.00. The van der Waals surface area contributed by atoms with Crippen molar-refractivity contribution in [3.8, 4) is 0 Å². The maximum absolute atomic E-state index is 12.5. The number of aliphatic hydroxyl groups is 1. The zero-order valence-corrected chi connectivity index (χ0v) is 12.9. The van der Waals surface area contributed by atoms with E-state index in [1.54, 1.807) is 14.0 Å². The van der Waals surface area contributed by atoms with Crippen molar-refractivity contribution >= 4 is 11.9 Å². The molecular weight excluding hydrogens is 282 g/mol. The maximum atomic E-state index is 12.5. The van der Waals surface area contributed by atoms with Gasteiger partial charge >= 0.3 is 5.97 Å². The number of rotatable bonds is 2. The summed E-state index contributed by atoms with van der Waals surface area (Å²) in [7, 11) is 1.66. The van der Waals surface area contributed by atoms with Crippen LogP contribution in [-0.2, 0) is 20.7 Å². The van der Waals surface area contributed by atoms with E-state index in [0.717, 1.165) is 18.4 Å². The van der Waals surface area contributed by atoms with Gasteiger partial charge in [0, 0.05) is 25.4 Å². The lowest BCUT2D eigenvalue weighted by atomic mass is 9.70. The van der Waals surface area contributed by atoms with Crippen LogP contribution in [0.25, 0.3) is 0 Å². The van der Waals surface area contributed by atoms with Crippen LogP contribution in [0.4, 0.5) is 0 Å². The molecule has 1 saturated heterocycles. The Morgan fingerprint density at radius 1 is 1.45 bits per heavy atom. The van der Waals surface area contributed by atoms with Crippen LogP contribution in [0.3, 0.4) is 0 Å². The topological polar surface area (TPSA) is 66.8 Å². The molecule has 1 aliphatic carbocycles. The van der Waals surface area contributed by atoms with E-state index in [-0.39, 0.29) is 25.0 Å². The van der Waals surface area contributed by atoms with Crippen LogP contribution >= 0.6 is 0 Å². The van der Waals surface area contributed by atoms with Crippen molar-refractivity contribution in [1.82, 2.24) is 4.90 Å². The number of hydrogen-bond donors (Lipinski definition) is 1. The SMILES string of the molecule is CCOC(=O)[C@@]1(O)C[C@@H]2c3ccccc3CC[C@@H]2N(C)C1=O. The fourth-order valence-corrected chi connectivity index (χ4v) is 3.81. The standard InChI is InChI=1S/C17H21NO4/c1-3-22-16(20)17(21)10-13-12-7-5-4-6-11(12)8-9-14(13)18(2)15(17)19/h4-7,13-14,21H,3,8-10H2,1-2H3/t13-,14+,17-/m1/s1. The zero-order chi connectivity index (χ0) is 15.9. The quantitative estimate of drug-likeness (QED) is 0.659. The van der Waals surface area contributed by atoms with Crippen LogP contribution in [0.15, 0.2) is 24.3 Å².